The van der Waals surface area contributed by atoms with Crippen LogP contribution in [0.15, 0.2) is 57.2 Å². The zero-order chi connectivity index (χ0) is 21.8. The van der Waals surface area contributed by atoms with Crippen molar-refractivity contribution in [3.05, 3.63) is 58.5 Å². The number of fused-ring (bicyclic) bond motifs is 2. The Morgan fingerprint density at radius 3 is 2.48 bits per heavy atom. The fraction of sp³-hybridized carbons (Fsp3) is 0.286. The highest BCUT2D eigenvalue weighted by Crippen LogP contribution is 2.34. The number of carbonyl (C=O) groups excluding carboxylic acids is 1. The van der Waals surface area contributed by atoms with Crippen LogP contribution < -0.4 is 4.74 Å². The topological polar surface area (TPSA) is 101 Å². The van der Waals surface area contributed by atoms with Crippen molar-refractivity contribution in [3.63, 3.8) is 0 Å². The second-order valence-corrected chi connectivity index (χ2v) is 11.4. The van der Waals surface area contributed by atoms with Crippen LogP contribution >= 0.6 is 0 Å². The molecule has 3 aliphatic heterocycles. The molecule has 5 rings (SSSR count). The predicted octanol–water partition coefficient (Wildman–Crippen LogP) is 1.28. The summed E-state index contributed by atoms with van der Waals surface area (Å²) in [5.74, 6) is 0.115. The van der Waals surface area contributed by atoms with E-state index in [1.807, 2.05) is 0 Å². The average molecular weight is 461 g/mol. The van der Waals surface area contributed by atoms with Crippen LogP contribution in [-0.4, -0.2) is 64.7 Å². The van der Waals surface area contributed by atoms with Crippen molar-refractivity contribution in [1.29, 1.82) is 0 Å². The zero-order valence-corrected chi connectivity index (χ0v) is 18.2. The van der Waals surface area contributed by atoms with Gasteiger partial charge in [0.1, 0.15) is 10.7 Å². The van der Waals surface area contributed by atoms with Crippen molar-refractivity contribution >= 4 is 31.8 Å². The lowest BCUT2D eigenvalue weighted by Crippen LogP contribution is -2.51. The van der Waals surface area contributed by atoms with E-state index in [2.05, 4.69) is 0 Å². The molecule has 0 N–H and O–H groups in total. The minimum Gasteiger partial charge on any atom is -0.493 e. The monoisotopic (exact) mass is 460 g/mol. The van der Waals surface area contributed by atoms with E-state index < -0.39 is 25.8 Å². The third-order valence-corrected chi connectivity index (χ3v) is 9.54. The lowest BCUT2D eigenvalue weighted by molar-refractivity contribution is -0.127. The highest BCUT2D eigenvalue weighted by atomic mass is 32.2. The van der Waals surface area contributed by atoms with Crippen LogP contribution in [0.3, 0.4) is 0 Å². The molecule has 3 heterocycles. The van der Waals surface area contributed by atoms with Crippen LogP contribution in [0.4, 0.5) is 0 Å². The predicted molar refractivity (Wildman–Crippen MR) is 113 cm³/mol. The summed E-state index contributed by atoms with van der Waals surface area (Å²) in [6.45, 7) is 0.983. The van der Waals surface area contributed by atoms with Gasteiger partial charge in [0.2, 0.25) is 19.9 Å². The summed E-state index contributed by atoms with van der Waals surface area (Å²) in [7, 11) is -7.57. The van der Waals surface area contributed by atoms with Crippen molar-refractivity contribution in [1.82, 2.24) is 9.21 Å². The van der Waals surface area contributed by atoms with Gasteiger partial charge in [0.05, 0.1) is 16.4 Å². The molecule has 2 aromatic carbocycles. The highest BCUT2D eigenvalue weighted by Gasteiger charge is 2.38. The Bertz CT molecular complexity index is 1320. The fourth-order valence-corrected chi connectivity index (χ4v) is 7.16. The number of hydrogen-bond acceptors (Lipinski definition) is 6. The molecule has 162 valence electrons. The number of sulfonamides is 1. The van der Waals surface area contributed by atoms with Gasteiger partial charge >= 0.3 is 0 Å². The number of benzene rings is 2. The zero-order valence-electron chi connectivity index (χ0n) is 16.5. The number of ether oxygens (including phenoxy) is 1. The molecule has 0 unspecified atom stereocenters. The second kappa shape index (κ2) is 7.18. The standard InChI is InChI=1S/C21H20N2O6S2/c24-21(20-14-16-3-1-2-4-19(16)30(20,25)26)22-8-10-23(11-9-22)31(27,28)17-5-6-18-15(13-17)7-12-29-18/h1-6,13-14H,7-12H2. The van der Waals surface area contributed by atoms with E-state index in [4.69, 9.17) is 4.74 Å². The highest BCUT2D eigenvalue weighted by molar-refractivity contribution is 7.96. The summed E-state index contributed by atoms with van der Waals surface area (Å²) in [6, 6.07) is 11.3. The molecule has 0 aliphatic carbocycles. The Labute approximate surface area is 180 Å². The summed E-state index contributed by atoms with van der Waals surface area (Å²) in [4.78, 5) is 14.4. The Morgan fingerprint density at radius 2 is 1.74 bits per heavy atom. The van der Waals surface area contributed by atoms with E-state index in [-0.39, 0.29) is 40.9 Å². The molecule has 10 heteroatoms. The maximum Gasteiger partial charge on any atom is 0.265 e. The third-order valence-electron chi connectivity index (χ3n) is 5.82. The van der Waals surface area contributed by atoms with Crippen LogP contribution in [-0.2, 0) is 31.1 Å². The molecule has 2 aromatic rings. The van der Waals surface area contributed by atoms with Crippen molar-refractivity contribution in [2.24, 2.45) is 0 Å². The number of hydrogen-bond donors (Lipinski definition) is 0. The third kappa shape index (κ3) is 3.26. The van der Waals surface area contributed by atoms with Gasteiger partial charge in [0.25, 0.3) is 5.91 Å². The van der Waals surface area contributed by atoms with Gasteiger partial charge in [-0.1, -0.05) is 18.2 Å². The molecule has 3 aliphatic rings. The van der Waals surface area contributed by atoms with Crippen LogP contribution in [0, 0.1) is 0 Å². The van der Waals surface area contributed by atoms with Gasteiger partial charge in [-0.15, -0.1) is 0 Å². The van der Waals surface area contributed by atoms with Gasteiger partial charge in [-0.2, -0.15) is 4.31 Å². The summed E-state index contributed by atoms with van der Waals surface area (Å²) >= 11 is 0. The SMILES string of the molecule is O=C(C1=Cc2ccccc2S1(=O)=O)N1CCN(S(=O)(=O)c2ccc3c(c2)CCO3)CC1. The molecule has 31 heavy (non-hydrogen) atoms. The Balaban J connectivity index is 1.31. The van der Waals surface area contributed by atoms with Gasteiger partial charge < -0.3 is 9.64 Å². The molecular weight excluding hydrogens is 440 g/mol. The van der Waals surface area contributed by atoms with Gasteiger partial charge in [0, 0.05) is 32.6 Å². The van der Waals surface area contributed by atoms with Crippen LogP contribution in [0.5, 0.6) is 5.75 Å². The molecule has 1 amide bonds. The number of amides is 1. The van der Waals surface area contributed by atoms with E-state index in [1.165, 1.54) is 27.4 Å². The van der Waals surface area contributed by atoms with E-state index in [1.54, 1.807) is 30.3 Å². The summed E-state index contributed by atoms with van der Waals surface area (Å²) < 4.78 is 58.3. The lowest BCUT2D eigenvalue weighted by Gasteiger charge is -2.34. The molecular formula is C21H20N2O6S2. The smallest absolute Gasteiger partial charge is 0.265 e. The molecule has 0 bridgehead atoms. The van der Waals surface area contributed by atoms with Crippen molar-refractivity contribution in [2.45, 2.75) is 16.2 Å². The largest absolute Gasteiger partial charge is 0.493 e. The van der Waals surface area contributed by atoms with Gasteiger partial charge in [-0.05, 0) is 41.5 Å². The van der Waals surface area contributed by atoms with E-state index >= 15 is 0 Å². The number of sulfone groups is 1. The van der Waals surface area contributed by atoms with E-state index in [0.717, 1.165) is 5.56 Å². The molecule has 0 atom stereocenters. The number of piperazine rings is 1. The Kier molecular flexibility index (Phi) is 4.68. The molecule has 1 fully saturated rings. The Hall–Kier alpha value is -2.69. The molecule has 0 aromatic heterocycles. The van der Waals surface area contributed by atoms with E-state index in [9.17, 15) is 21.6 Å². The molecule has 1 saturated heterocycles. The van der Waals surface area contributed by atoms with Gasteiger partial charge in [0.15, 0.2) is 0 Å². The van der Waals surface area contributed by atoms with Gasteiger partial charge in [-0.25, -0.2) is 16.8 Å². The van der Waals surface area contributed by atoms with Crippen molar-refractivity contribution in [2.75, 3.05) is 32.8 Å². The minimum absolute atomic E-state index is 0.0991. The van der Waals surface area contributed by atoms with Crippen LogP contribution in [0.1, 0.15) is 11.1 Å². The van der Waals surface area contributed by atoms with Gasteiger partial charge in [-0.3, -0.25) is 4.79 Å². The fourth-order valence-electron chi connectivity index (χ4n) is 4.12. The first-order valence-electron chi connectivity index (χ1n) is 9.89. The van der Waals surface area contributed by atoms with Crippen molar-refractivity contribution in [3.8, 4) is 5.75 Å². The summed E-state index contributed by atoms with van der Waals surface area (Å²) in [5.41, 5.74) is 1.36. The Morgan fingerprint density at radius 1 is 1.00 bits per heavy atom. The second-order valence-electron chi connectivity index (χ2n) is 7.61. The normalized spacial score (nSPS) is 20.0. The quantitative estimate of drug-likeness (QED) is 0.684. The molecule has 0 radical (unpaired) electrons. The number of carbonyl (C=O) groups is 1. The van der Waals surface area contributed by atoms with Crippen molar-refractivity contribution < 1.29 is 26.4 Å². The summed E-state index contributed by atoms with van der Waals surface area (Å²) in [6.07, 6.45) is 2.07. The van der Waals surface area contributed by atoms with E-state index in [0.29, 0.717) is 24.3 Å². The number of nitrogens with zero attached hydrogens (tertiary/aromatic N) is 2. The molecule has 0 saturated carbocycles. The minimum atomic E-state index is -3.86. The number of rotatable bonds is 3. The average Bonchev–Trinajstić information content (AvgIpc) is 3.35. The van der Waals surface area contributed by atoms with Crippen LogP contribution in [0.25, 0.3) is 6.08 Å². The molecule has 0 spiro atoms. The van der Waals surface area contributed by atoms with Crippen LogP contribution in [0.2, 0.25) is 0 Å². The molecule has 8 nitrogen and oxygen atoms in total. The maximum absolute atomic E-state index is 13.0. The lowest BCUT2D eigenvalue weighted by atomic mass is 10.2. The maximum atomic E-state index is 13.0. The first-order chi connectivity index (χ1) is 14.8. The first-order valence-corrected chi connectivity index (χ1v) is 12.8. The first kappa shape index (κ1) is 20.2. The summed E-state index contributed by atoms with van der Waals surface area (Å²) in [5, 5.41) is 0.